The van der Waals surface area contributed by atoms with Gasteiger partial charge < -0.3 is 15.1 Å². The molecule has 0 spiro atoms. The molecule has 3 rings (SSSR count). The summed E-state index contributed by atoms with van der Waals surface area (Å²) in [6, 6.07) is 10.8. The van der Waals surface area contributed by atoms with Gasteiger partial charge in [-0.3, -0.25) is 0 Å². The number of aromatic nitrogens is 2. The van der Waals surface area contributed by atoms with Crippen LogP contribution in [0.5, 0.6) is 0 Å². The third-order valence-corrected chi connectivity index (χ3v) is 3.93. The lowest BCUT2D eigenvalue weighted by Crippen LogP contribution is -2.26. The SMILES string of the molecule is CC1Cc2ccccc2N1c1nccc(NCCN(C)C)n1. The minimum absolute atomic E-state index is 0.384. The molecular weight excluding hydrogens is 274 g/mol. The first-order chi connectivity index (χ1) is 10.6. The fourth-order valence-electron chi connectivity index (χ4n) is 2.84. The van der Waals surface area contributed by atoms with E-state index in [1.807, 2.05) is 12.3 Å². The Kier molecular flexibility index (Phi) is 4.24. The van der Waals surface area contributed by atoms with Crippen LogP contribution in [0.1, 0.15) is 12.5 Å². The molecule has 22 heavy (non-hydrogen) atoms. The average Bonchev–Trinajstić information content (AvgIpc) is 2.83. The van der Waals surface area contributed by atoms with Crippen LogP contribution in [0.25, 0.3) is 0 Å². The summed E-state index contributed by atoms with van der Waals surface area (Å²) in [7, 11) is 4.13. The molecule has 116 valence electrons. The van der Waals surface area contributed by atoms with E-state index < -0.39 is 0 Å². The summed E-state index contributed by atoms with van der Waals surface area (Å²) >= 11 is 0. The molecule has 5 nitrogen and oxygen atoms in total. The number of hydrogen-bond donors (Lipinski definition) is 1. The van der Waals surface area contributed by atoms with Gasteiger partial charge in [-0.1, -0.05) is 18.2 Å². The number of para-hydroxylation sites is 1. The van der Waals surface area contributed by atoms with Crippen molar-refractivity contribution in [1.29, 1.82) is 0 Å². The highest BCUT2D eigenvalue weighted by atomic mass is 15.3. The molecule has 0 bridgehead atoms. The maximum atomic E-state index is 4.69. The van der Waals surface area contributed by atoms with Crippen molar-refractivity contribution in [2.24, 2.45) is 0 Å². The highest BCUT2D eigenvalue weighted by Crippen LogP contribution is 2.36. The van der Waals surface area contributed by atoms with Crippen LogP contribution in [0.15, 0.2) is 36.5 Å². The molecule has 1 unspecified atom stereocenters. The van der Waals surface area contributed by atoms with Gasteiger partial charge in [-0.25, -0.2) is 4.98 Å². The summed E-state index contributed by atoms with van der Waals surface area (Å²) in [5.74, 6) is 1.65. The summed E-state index contributed by atoms with van der Waals surface area (Å²) < 4.78 is 0. The molecule has 2 heterocycles. The zero-order valence-electron chi connectivity index (χ0n) is 13.5. The molecule has 5 heteroatoms. The number of hydrogen-bond acceptors (Lipinski definition) is 5. The van der Waals surface area contributed by atoms with Crippen LogP contribution in [-0.2, 0) is 6.42 Å². The monoisotopic (exact) mass is 297 g/mol. The van der Waals surface area contributed by atoms with Gasteiger partial charge in [0, 0.05) is 31.0 Å². The number of benzene rings is 1. The molecule has 1 aliphatic heterocycles. The topological polar surface area (TPSA) is 44.3 Å². The van der Waals surface area contributed by atoms with Crippen molar-refractivity contribution in [2.75, 3.05) is 37.4 Å². The van der Waals surface area contributed by atoms with E-state index >= 15 is 0 Å². The molecule has 2 aromatic rings. The summed E-state index contributed by atoms with van der Waals surface area (Å²) in [6.45, 7) is 4.06. The van der Waals surface area contributed by atoms with Gasteiger partial charge in [0.15, 0.2) is 0 Å². The first-order valence-corrected chi connectivity index (χ1v) is 7.74. The molecular formula is C17H23N5. The Morgan fingerprint density at radius 3 is 2.91 bits per heavy atom. The molecule has 1 aromatic heterocycles. The van der Waals surface area contributed by atoms with E-state index in [9.17, 15) is 0 Å². The van der Waals surface area contributed by atoms with Gasteiger partial charge in [0.25, 0.3) is 0 Å². The Hall–Kier alpha value is -2.14. The van der Waals surface area contributed by atoms with Crippen molar-refractivity contribution in [3.63, 3.8) is 0 Å². The Morgan fingerprint density at radius 1 is 1.27 bits per heavy atom. The first-order valence-electron chi connectivity index (χ1n) is 7.74. The molecule has 0 radical (unpaired) electrons. The van der Waals surface area contributed by atoms with Gasteiger partial charge in [0.2, 0.25) is 5.95 Å². The van der Waals surface area contributed by atoms with Crippen LogP contribution >= 0.6 is 0 Å². The molecule has 1 aromatic carbocycles. The number of nitrogens with zero attached hydrogens (tertiary/aromatic N) is 4. The minimum atomic E-state index is 0.384. The van der Waals surface area contributed by atoms with Crippen LogP contribution in [0.4, 0.5) is 17.5 Å². The Labute approximate surface area is 132 Å². The van der Waals surface area contributed by atoms with E-state index in [2.05, 4.69) is 70.4 Å². The lowest BCUT2D eigenvalue weighted by atomic mass is 10.1. The zero-order valence-corrected chi connectivity index (χ0v) is 13.5. The van der Waals surface area contributed by atoms with Gasteiger partial charge in [-0.05, 0) is 45.1 Å². The van der Waals surface area contributed by atoms with E-state index in [1.165, 1.54) is 11.3 Å². The summed E-state index contributed by atoms with van der Waals surface area (Å²) in [4.78, 5) is 13.5. The third-order valence-electron chi connectivity index (χ3n) is 3.93. The summed E-state index contributed by atoms with van der Waals surface area (Å²) in [5, 5.41) is 3.36. The van der Waals surface area contributed by atoms with Crippen molar-refractivity contribution in [1.82, 2.24) is 14.9 Å². The second kappa shape index (κ2) is 6.32. The largest absolute Gasteiger partial charge is 0.369 e. The molecule has 1 N–H and O–H groups in total. The fraction of sp³-hybridized carbons (Fsp3) is 0.412. The minimum Gasteiger partial charge on any atom is -0.369 e. The van der Waals surface area contributed by atoms with Gasteiger partial charge in [-0.2, -0.15) is 4.98 Å². The van der Waals surface area contributed by atoms with Crippen LogP contribution in [0.3, 0.4) is 0 Å². The van der Waals surface area contributed by atoms with Gasteiger partial charge in [0.05, 0.1) is 0 Å². The van der Waals surface area contributed by atoms with Crippen LogP contribution in [0.2, 0.25) is 0 Å². The number of likely N-dealkylation sites (N-methyl/N-ethyl adjacent to an activating group) is 1. The van der Waals surface area contributed by atoms with Crippen LogP contribution in [0, 0.1) is 0 Å². The molecule has 1 atom stereocenters. The van der Waals surface area contributed by atoms with Crippen molar-refractivity contribution in [3.8, 4) is 0 Å². The van der Waals surface area contributed by atoms with Crippen molar-refractivity contribution >= 4 is 17.5 Å². The van der Waals surface area contributed by atoms with E-state index in [-0.39, 0.29) is 0 Å². The molecule has 0 saturated heterocycles. The quantitative estimate of drug-likeness (QED) is 0.919. The van der Waals surface area contributed by atoms with Gasteiger partial charge in [0.1, 0.15) is 5.82 Å². The van der Waals surface area contributed by atoms with Gasteiger partial charge >= 0.3 is 0 Å². The summed E-state index contributed by atoms with van der Waals surface area (Å²) in [6.07, 6.45) is 2.87. The smallest absolute Gasteiger partial charge is 0.232 e. The number of anilines is 3. The van der Waals surface area contributed by atoms with E-state index in [0.29, 0.717) is 6.04 Å². The molecule has 0 aliphatic carbocycles. The second-order valence-electron chi connectivity index (χ2n) is 6.02. The Morgan fingerprint density at radius 2 is 2.09 bits per heavy atom. The standard InChI is InChI=1S/C17H23N5/c1-13-12-14-6-4-5-7-15(14)22(13)17-19-9-8-16(20-17)18-10-11-21(2)3/h4-9,13H,10-12H2,1-3H3,(H,18,19,20). The molecule has 0 saturated carbocycles. The van der Waals surface area contributed by atoms with E-state index in [0.717, 1.165) is 31.3 Å². The van der Waals surface area contributed by atoms with E-state index in [1.54, 1.807) is 0 Å². The highest BCUT2D eigenvalue weighted by Gasteiger charge is 2.28. The lowest BCUT2D eigenvalue weighted by molar-refractivity contribution is 0.425. The van der Waals surface area contributed by atoms with Gasteiger partial charge in [-0.15, -0.1) is 0 Å². The third kappa shape index (κ3) is 3.04. The van der Waals surface area contributed by atoms with Crippen molar-refractivity contribution in [3.05, 3.63) is 42.1 Å². The predicted octanol–water partition coefficient (Wildman–Crippen LogP) is 2.53. The number of nitrogens with one attached hydrogen (secondary N) is 1. The maximum Gasteiger partial charge on any atom is 0.232 e. The number of fused-ring (bicyclic) bond motifs is 1. The average molecular weight is 297 g/mol. The van der Waals surface area contributed by atoms with Crippen LogP contribution < -0.4 is 10.2 Å². The number of rotatable bonds is 5. The van der Waals surface area contributed by atoms with Crippen molar-refractivity contribution in [2.45, 2.75) is 19.4 Å². The van der Waals surface area contributed by atoms with Crippen LogP contribution in [-0.4, -0.2) is 48.1 Å². The molecule has 0 fully saturated rings. The lowest BCUT2D eigenvalue weighted by Gasteiger charge is -2.23. The first kappa shape index (κ1) is 14.8. The maximum absolute atomic E-state index is 4.69. The van der Waals surface area contributed by atoms with E-state index in [4.69, 9.17) is 0 Å². The Bertz CT molecular complexity index is 640. The molecule has 0 amide bonds. The fourth-order valence-corrected chi connectivity index (χ4v) is 2.84. The Balaban J connectivity index is 1.80. The van der Waals surface area contributed by atoms with Crippen molar-refractivity contribution < 1.29 is 0 Å². The molecule has 1 aliphatic rings. The second-order valence-corrected chi connectivity index (χ2v) is 6.02. The highest BCUT2D eigenvalue weighted by molar-refractivity contribution is 5.67. The predicted molar refractivity (Wildman–Crippen MR) is 90.8 cm³/mol. The zero-order chi connectivity index (χ0) is 15.5. The normalized spacial score (nSPS) is 16.9. The summed E-state index contributed by atoms with van der Waals surface area (Å²) in [5.41, 5.74) is 2.59.